The molecule has 1 unspecified atom stereocenters. The van der Waals surface area contributed by atoms with Crippen LogP contribution in [0.1, 0.15) is 35.3 Å². The van der Waals surface area contributed by atoms with E-state index in [9.17, 15) is 0 Å². The van der Waals surface area contributed by atoms with Crippen molar-refractivity contribution in [3.8, 4) is 0 Å². The number of hydrogen-bond donors (Lipinski definition) is 1. The molecule has 1 aromatic carbocycles. The molecule has 0 radical (unpaired) electrons. The zero-order valence-corrected chi connectivity index (χ0v) is 13.0. The van der Waals surface area contributed by atoms with E-state index >= 15 is 0 Å². The smallest absolute Gasteiger partial charge is 0.0422 e. The van der Waals surface area contributed by atoms with E-state index in [0.717, 1.165) is 23.6 Å². The first kappa shape index (κ1) is 15.0. The summed E-state index contributed by atoms with van der Waals surface area (Å²) in [5.74, 6) is 0. The largest absolute Gasteiger partial charge is 0.313 e. The average molecular weight is 289 g/mol. The Labute approximate surface area is 126 Å². The summed E-state index contributed by atoms with van der Waals surface area (Å²) in [6.45, 7) is 4.26. The van der Waals surface area contributed by atoms with Crippen molar-refractivity contribution < 1.29 is 0 Å². The van der Waals surface area contributed by atoms with E-state index in [-0.39, 0.29) is 6.04 Å². The minimum Gasteiger partial charge on any atom is -0.313 e. The van der Waals surface area contributed by atoms with Crippen molar-refractivity contribution in [1.82, 2.24) is 10.3 Å². The van der Waals surface area contributed by atoms with Gasteiger partial charge in [0.2, 0.25) is 0 Å². The molecule has 0 spiro atoms. The molecule has 0 bridgehead atoms. The molecule has 0 aliphatic carbocycles. The first-order valence-electron chi connectivity index (χ1n) is 7.01. The van der Waals surface area contributed by atoms with E-state index in [0.29, 0.717) is 0 Å². The van der Waals surface area contributed by atoms with E-state index in [1.54, 1.807) is 0 Å². The number of nitrogens with one attached hydrogen (secondary N) is 1. The van der Waals surface area contributed by atoms with Gasteiger partial charge in [0.25, 0.3) is 0 Å². The molecule has 106 valence electrons. The fraction of sp³-hybridized carbons (Fsp3) is 0.353. The monoisotopic (exact) mass is 288 g/mol. The summed E-state index contributed by atoms with van der Waals surface area (Å²) in [7, 11) is 1.98. The zero-order chi connectivity index (χ0) is 14.5. The highest BCUT2D eigenvalue weighted by Gasteiger charge is 2.13. The molecule has 0 aliphatic heterocycles. The van der Waals surface area contributed by atoms with Gasteiger partial charge >= 0.3 is 0 Å². The second kappa shape index (κ2) is 6.87. The third-order valence-electron chi connectivity index (χ3n) is 3.67. The molecule has 1 aromatic heterocycles. The fourth-order valence-corrected chi connectivity index (χ4v) is 2.53. The molecular weight excluding hydrogens is 268 g/mol. The Bertz CT molecular complexity index is 564. The topological polar surface area (TPSA) is 24.9 Å². The van der Waals surface area contributed by atoms with Crippen LogP contribution in [0.3, 0.4) is 0 Å². The number of aryl methyl sites for hydroxylation is 2. The van der Waals surface area contributed by atoms with Gasteiger partial charge in [0.1, 0.15) is 0 Å². The molecule has 20 heavy (non-hydrogen) atoms. The second-order valence-corrected chi connectivity index (χ2v) is 5.49. The Hall–Kier alpha value is -1.38. The number of pyridine rings is 1. The number of benzene rings is 1. The van der Waals surface area contributed by atoms with Crippen LogP contribution in [0.5, 0.6) is 0 Å². The molecule has 0 fully saturated rings. The van der Waals surface area contributed by atoms with Gasteiger partial charge in [0.15, 0.2) is 0 Å². The van der Waals surface area contributed by atoms with Crippen molar-refractivity contribution in [2.45, 2.75) is 32.7 Å². The first-order valence-corrected chi connectivity index (χ1v) is 7.39. The van der Waals surface area contributed by atoms with Crippen LogP contribution in [0, 0.1) is 6.92 Å². The van der Waals surface area contributed by atoms with Crippen molar-refractivity contribution in [3.63, 3.8) is 0 Å². The highest BCUT2D eigenvalue weighted by Crippen LogP contribution is 2.24. The van der Waals surface area contributed by atoms with E-state index in [2.05, 4.69) is 42.3 Å². The van der Waals surface area contributed by atoms with Gasteiger partial charge in [-0.3, -0.25) is 4.98 Å². The molecule has 0 aliphatic rings. The molecule has 1 heterocycles. The third-order valence-corrected chi connectivity index (χ3v) is 3.91. The van der Waals surface area contributed by atoms with Crippen LogP contribution in [0.4, 0.5) is 0 Å². The maximum atomic E-state index is 6.12. The van der Waals surface area contributed by atoms with E-state index in [1.165, 1.54) is 16.7 Å². The Morgan fingerprint density at radius 2 is 2.05 bits per heavy atom. The van der Waals surface area contributed by atoms with Gasteiger partial charge in [-0.1, -0.05) is 30.7 Å². The number of likely N-dealkylation sites (N-methyl/N-ethyl adjacent to an activating group) is 1. The minimum atomic E-state index is 0.230. The van der Waals surface area contributed by atoms with Gasteiger partial charge in [-0.2, -0.15) is 0 Å². The molecule has 1 N–H and O–H groups in total. The summed E-state index contributed by atoms with van der Waals surface area (Å²) in [4.78, 5) is 4.54. The van der Waals surface area contributed by atoms with Crippen LogP contribution in [0.2, 0.25) is 5.02 Å². The van der Waals surface area contributed by atoms with Crippen molar-refractivity contribution >= 4 is 11.6 Å². The molecule has 0 saturated carbocycles. The van der Waals surface area contributed by atoms with Gasteiger partial charge in [-0.05, 0) is 55.3 Å². The summed E-state index contributed by atoms with van der Waals surface area (Å²) in [6.07, 6.45) is 3.85. The first-order chi connectivity index (χ1) is 9.63. The highest BCUT2D eigenvalue weighted by atomic mass is 35.5. The molecule has 0 amide bonds. The van der Waals surface area contributed by atoms with Crippen molar-refractivity contribution in [3.05, 3.63) is 63.9 Å². The zero-order valence-electron chi connectivity index (χ0n) is 12.3. The quantitative estimate of drug-likeness (QED) is 0.896. The summed E-state index contributed by atoms with van der Waals surface area (Å²) >= 11 is 6.12. The van der Waals surface area contributed by atoms with Crippen molar-refractivity contribution in [1.29, 1.82) is 0 Å². The summed E-state index contributed by atoms with van der Waals surface area (Å²) in [5, 5.41) is 4.14. The molecule has 0 saturated heterocycles. The number of nitrogens with zero attached hydrogens (tertiary/aromatic N) is 1. The fourth-order valence-electron chi connectivity index (χ4n) is 2.35. The molecule has 1 atom stereocenters. The molecular formula is C17H21ClN2. The Morgan fingerprint density at radius 1 is 1.25 bits per heavy atom. The predicted molar refractivity (Wildman–Crippen MR) is 85.3 cm³/mol. The summed E-state index contributed by atoms with van der Waals surface area (Å²) in [5.41, 5.74) is 4.86. The minimum absolute atomic E-state index is 0.230. The Morgan fingerprint density at radius 3 is 2.65 bits per heavy atom. The SMILES string of the molecule is CCc1ccc(CC(NC)c2cc(Cl)ccc2C)nc1. The van der Waals surface area contributed by atoms with Gasteiger partial charge in [-0.15, -0.1) is 0 Å². The lowest BCUT2D eigenvalue weighted by atomic mass is 9.97. The van der Waals surface area contributed by atoms with Crippen LogP contribution in [0.25, 0.3) is 0 Å². The van der Waals surface area contributed by atoms with E-state index in [1.807, 2.05) is 25.4 Å². The van der Waals surface area contributed by atoms with Crippen molar-refractivity contribution in [2.24, 2.45) is 0 Å². The maximum Gasteiger partial charge on any atom is 0.0422 e. The van der Waals surface area contributed by atoms with Crippen molar-refractivity contribution in [2.75, 3.05) is 7.05 Å². The van der Waals surface area contributed by atoms with Crippen LogP contribution < -0.4 is 5.32 Å². The van der Waals surface area contributed by atoms with Crippen LogP contribution in [0.15, 0.2) is 36.5 Å². The number of hydrogen-bond acceptors (Lipinski definition) is 2. The Kier molecular flexibility index (Phi) is 5.16. The molecule has 2 nitrogen and oxygen atoms in total. The highest BCUT2D eigenvalue weighted by molar-refractivity contribution is 6.30. The molecule has 2 rings (SSSR count). The molecule has 2 aromatic rings. The maximum absolute atomic E-state index is 6.12. The van der Waals surface area contributed by atoms with Crippen LogP contribution >= 0.6 is 11.6 Å². The lowest BCUT2D eigenvalue weighted by Crippen LogP contribution is -2.20. The Balaban J connectivity index is 2.21. The van der Waals surface area contributed by atoms with E-state index < -0.39 is 0 Å². The summed E-state index contributed by atoms with van der Waals surface area (Å²) < 4.78 is 0. The lowest BCUT2D eigenvalue weighted by Gasteiger charge is -2.19. The average Bonchev–Trinajstić information content (AvgIpc) is 2.48. The molecule has 3 heteroatoms. The number of aromatic nitrogens is 1. The van der Waals surface area contributed by atoms with Crippen LogP contribution in [-0.2, 0) is 12.8 Å². The van der Waals surface area contributed by atoms with Gasteiger partial charge in [0.05, 0.1) is 0 Å². The van der Waals surface area contributed by atoms with Gasteiger partial charge in [-0.25, -0.2) is 0 Å². The predicted octanol–water partition coefficient (Wildman–Crippen LogP) is 4.11. The second-order valence-electron chi connectivity index (χ2n) is 5.06. The van der Waals surface area contributed by atoms with Crippen LogP contribution in [-0.4, -0.2) is 12.0 Å². The lowest BCUT2D eigenvalue weighted by molar-refractivity contribution is 0.581. The standard InChI is InChI=1S/C17H21ClN2/c1-4-13-6-8-15(20-11-13)10-17(19-3)16-9-14(18)7-5-12(16)2/h5-9,11,17,19H,4,10H2,1-3H3. The third kappa shape index (κ3) is 3.59. The van der Waals surface area contributed by atoms with Gasteiger partial charge in [0, 0.05) is 29.4 Å². The number of rotatable bonds is 5. The van der Waals surface area contributed by atoms with Gasteiger partial charge < -0.3 is 5.32 Å². The van der Waals surface area contributed by atoms with E-state index in [4.69, 9.17) is 11.6 Å². The summed E-state index contributed by atoms with van der Waals surface area (Å²) in [6, 6.07) is 10.5. The number of halogens is 1. The normalized spacial score (nSPS) is 12.4.